The molecule has 0 fully saturated rings. The van der Waals surface area contributed by atoms with Crippen LogP contribution in [0.15, 0.2) is 35.5 Å². The third kappa shape index (κ3) is 2.93. The number of tetrazole rings is 1. The van der Waals surface area contributed by atoms with Gasteiger partial charge < -0.3 is 19.9 Å². The molecule has 1 aliphatic rings. The summed E-state index contributed by atoms with van der Waals surface area (Å²) in [5, 5.41) is 24.3. The highest BCUT2D eigenvalue weighted by atomic mass is 16.6. The van der Waals surface area contributed by atoms with E-state index >= 15 is 0 Å². The first-order valence-corrected chi connectivity index (χ1v) is 7.32. The van der Waals surface area contributed by atoms with E-state index in [-0.39, 0.29) is 12.4 Å². The molecule has 24 heavy (non-hydrogen) atoms. The summed E-state index contributed by atoms with van der Waals surface area (Å²) in [6.45, 7) is 2.20. The summed E-state index contributed by atoms with van der Waals surface area (Å²) in [5.74, 6) is 0.00578. The number of phenolic OH excluding ortho intramolecular Hbond substituents is 1. The van der Waals surface area contributed by atoms with Crippen LogP contribution in [0.5, 0.6) is 5.75 Å². The van der Waals surface area contributed by atoms with Gasteiger partial charge in [0.1, 0.15) is 18.4 Å². The predicted molar refractivity (Wildman–Crippen MR) is 83.2 cm³/mol. The van der Waals surface area contributed by atoms with Crippen LogP contribution in [0.3, 0.4) is 0 Å². The molecule has 1 unspecified atom stereocenters. The fourth-order valence-electron chi connectivity index (χ4n) is 2.58. The summed E-state index contributed by atoms with van der Waals surface area (Å²) >= 11 is 0. The summed E-state index contributed by atoms with van der Waals surface area (Å²) in [4.78, 5) is 12.6. The van der Waals surface area contributed by atoms with Crippen LogP contribution in [0.25, 0.3) is 0 Å². The van der Waals surface area contributed by atoms with Gasteiger partial charge in [0.05, 0.1) is 12.2 Å². The molecule has 1 aromatic carbocycles. The normalized spacial score (nSPS) is 16.5. The van der Waals surface area contributed by atoms with Crippen LogP contribution in [-0.2, 0) is 14.3 Å². The third-order valence-electron chi connectivity index (χ3n) is 3.64. The maximum Gasteiger partial charge on any atom is 0.338 e. The van der Waals surface area contributed by atoms with E-state index in [9.17, 15) is 9.90 Å². The maximum atomic E-state index is 12.6. The second kappa shape index (κ2) is 6.67. The number of ether oxygens (including phenoxy) is 2. The number of hydrogen-bond donors (Lipinski definition) is 2. The van der Waals surface area contributed by atoms with Gasteiger partial charge in [0.2, 0.25) is 5.95 Å². The van der Waals surface area contributed by atoms with Crippen molar-refractivity contribution in [3.63, 3.8) is 0 Å². The van der Waals surface area contributed by atoms with Gasteiger partial charge in [-0.15, -0.1) is 0 Å². The molecule has 1 aliphatic heterocycles. The van der Waals surface area contributed by atoms with E-state index in [2.05, 4.69) is 20.8 Å². The van der Waals surface area contributed by atoms with Crippen molar-refractivity contribution < 1.29 is 19.4 Å². The number of carbonyl (C=O) groups excluding carboxylic acids is 1. The van der Waals surface area contributed by atoms with Crippen LogP contribution >= 0.6 is 0 Å². The highest BCUT2D eigenvalue weighted by Gasteiger charge is 2.35. The Labute approximate surface area is 137 Å². The largest absolute Gasteiger partial charge is 0.508 e. The first kappa shape index (κ1) is 15.9. The molecule has 0 radical (unpaired) electrons. The number of esters is 1. The molecule has 2 aromatic rings. The quantitative estimate of drug-likeness (QED) is 0.613. The second-order valence-electron chi connectivity index (χ2n) is 5.24. The first-order chi connectivity index (χ1) is 11.6. The van der Waals surface area contributed by atoms with Gasteiger partial charge in [-0.3, -0.25) is 0 Å². The van der Waals surface area contributed by atoms with Gasteiger partial charge in [-0.2, -0.15) is 4.68 Å². The molecular weight excluding hydrogens is 314 g/mol. The van der Waals surface area contributed by atoms with Crippen LogP contribution in [0.4, 0.5) is 5.95 Å². The van der Waals surface area contributed by atoms with Crippen LogP contribution in [-0.4, -0.2) is 51.6 Å². The standard InChI is InChI=1S/C15H17N5O4/c1-9-12(14(22)24-7-6-23-2)13(10-4-3-5-11(21)8-10)20-15(16-9)17-18-19-20/h3-5,8,13,21H,6-7H2,1-2H3,(H,16,17,19). The fraction of sp³-hybridized carbons (Fsp3) is 0.333. The van der Waals surface area contributed by atoms with Crippen LogP contribution in [0.1, 0.15) is 18.5 Å². The van der Waals surface area contributed by atoms with Crippen molar-refractivity contribution in [1.82, 2.24) is 20.2 Å². The molecule has 126 valence electrons. The minimum Gasteiger partial charge on any atom is -0.508 e. The van der Waals surface area contributed by atoms with Gasteiger partial charge in [-0.25, -0.2) is 4.79 Å². The van der Waals surface area contributed by atoms with Crippen molar-refractivity contribution in [1.29, 1.82) is 0 Å². The number of fused-ring (bicyclic) bond motifs is 1. The Morgan fingerprint density at radius 2 is 2.25 bits per heavy atom. The van der Waals surface area contributed by atoms with E-state index in [0.29, 0.717) is 29.4 Å². The Hall–Kier alpha value is -2.94. The smallest absolute Gasteiger partial charge is 0.338 e. The SMILES string of the molecule is COCCOC(=O)C1=C(C)Nc2nnnn2C1c1cccc(O)c1. The number of carbonyl (C=O) groups is 1. The fourth-order valence-corrected chi connectivity index (χ4v) is 2.58. The summed E-state index contributed by atoms with van der Waals surface area (Å²) in [6.07, 6.45) is 0. The molecule has 1 atom stereocenters. The number of anilines is 1. The highest BCUT2D eigenvalue weighted by molar-refractivity contribution is 5.92. The highest BCUT2D eigenvalue weighted by Crippen LogP contribution is 2.35. The summed E-state index contributed by atoms with van der Waals surface area (Å²) < 4.78 is 11.6. The second-order valence-corrected chi connectivity index (χ2v) is 5.24. The molecule has 0 amide bonds. The van der Waals surface area contributed by atoms with Gasteiger partial charge in [-0.05, 0) is 35.0 Å². The number of hydrogen-bond acceptors (Lipinski definition) is 8. The molecule has 0 saturated heterocycles. The lowest BCUT2D eigenvalue weighted by Gasteiger charge is -2.27. The zero-order chi connectivity index (χ0) is 17.1. The number of aromatic nitrogens is 4. The number of allylic oxidation sites excluding steroid dienone is 1. The average Bonchev–Trinajstić information content (AvgIpc) is 3.01. The third-order valence-corrected chi connectivity index (χ3v) is 3.64. The molecule has 3 rings (SSSR count). The lowest BCUT2D eigenvalue weighted by atomic mass is 9.95. The molecular formula is C15H17N5O4. The van der Waals surface area contributed by atoms with E-state index in [0.717, 1.165) is 0 Å². The van der Waals surface area contributed by atoms with Gasteiger partial charge >= 0.3 is 5.97 Å². The van der Waals surface area contributed by atoms with Crippen molar-refractivity contribution in [2.24, 2.45) is 0 Å². The van der Waals surface area contributed by atoms with Crippen LogP contribution in [0.2, 0.25) is 0 Å². The first-order valence-electron chi connectivity index (χ1n) is 7.32. The Bertz CT molecular complexity index is 786. The minimum atomic E-state index is -0.599. The molecule has 9 heteroatoms. The number of phenols is 1. The lowest BCUT2D eigenvalue weighted by molar-refractivity contribution is -0.140. The van der Waals surface area contributed by atoms with E-state index in [4.69, 9.17) is 9.47 Å². The topological polar surface area (TPSA) is 111 Å². The average molecular weight is 331 g/mol. The number of nitrogens with one attached hydrogen (secondary N) is 1. The van der Waals surface area contributed by atoms with Crippen molar-refractivity contribution in [3.05, 3.63) is 41.1 Å². The molecule has 9 nitrogen and oxygen atoms in total. The molecule has 0 aliphatic carbocycles. The van der Waals surface area contributed by atoms with Gasteiger partial charge in [-0.1, -0.05) is 17.2 Å². The van der Waals surface area contributed by atoms with Gasteiger partial charge in [0.25, 0.3) is 0 Å². The molecule has 0 bridgehead atoms. The van der Waals surface area contributed by atoms with Crippen molar-refractivity contribution in [3.8, 4) is 5.75 Å². The zero-order valence-electron chi connectivity index (χ0n) is 13.3. The van der Waals surface area contributed by atoms with Gasteiger partial charge in [0.15, 0.2) is 0 Å². The van der Waals surface area contributed by atoms with Gasteiger partial charge in [0, 0.05) is 12.8 Å². The van der Waals surface area contributed by atoms with Crippen LogP contribution in [0, 0.1) is 0 Å². The van der Waals surface area contributed by atoms with Crippen LogP contribution < -0.4 is 5.32 Å². The predicted octanol–water partition coefficient (Wildman–Crippen LogP) is 0.857. The number of rotatable bonds is 5. The van der Waals surface area contributed by atoms with Crippen molar-refractivity contribution in [2.45, 2.75) is 13.0 Å². The Morgan fingerprint density at radius 3 is 3.00 bits per heavy atom. The van der Waals surface area contributed by atoms with Crippen molar-refractivity contribution in [2.75, 3.05) is 25.6 Å². The summed E-state index contributed by atoms with van der Waals surface area (Å²) in [7, 11) is 1.53. The van der Waals surface area contributed by atoms with E-state index in [1.807, 2.05) is 0 Å². The van der Waals surface area contributed by atoms with E-state index in [1.54, 1.807) is 31.2 Å². The van der Waals surface area contributed by atoms with E-state index in [1.165, 1.54) is 11.8 Å². The monoisotopic (exact) mass is 331 g/mol. The number of nitrogens with zero attached hydrogens (tertiary/aromatic N) is 4. The Kier molecular flexibility index (Phi) is 4.43. The summed E-state index contributed by atoms with van der Waals surface area (Å²) in [5.41, 5.74) is 1.63. The molecule has 2 N–H and O–H groups in total. The molecule has 1 aromatic heterocycles. The Balaban J connectivity index is 2.02. The minimum absolute atomic E-state index is 0.0883. The molecule has 0 saturated carbocycles. The number of aromatic hydroxyl groups is 1. The lowest BCUT2D eigenvalue weighted by Crippen LogP contribution is -2.30. The molecule has 0 spiro atoms. The molecule has 2 heterocycles. The van der Waals surface area contributed by atoms with Crippen molar-refractivity contribution >= 4 is 11.9 Å². The van der Waals surface area contributed by atoms with E-state index < -0.39 is 12.0 Å². The summed E-state index contributed by atoms with van der Waals surface area (Å²) in [6, 6.07) is 6.00. The zero-order valence-corrected chi connectivity index (χ0v) is 13.3. The number of benzene rings is 1. The Morgan fingerprint density at radius 1 is 1.42 bits per heavy atom. The maximum absolute atomic E-state index is 12.6. The number of methoxy groups -OCH3 is 1.